The lowest BCUT2D eigenvalue weighted by Crippen LogP contribution is -2.35. The largest absolute Gasteiger partial charge is 0.406 e. The standard InChI is InChI=1S/C9H11F3N4O/c1-16(5-9(10,11)12)8(17)6-2-3-7(15-13)14-4-6/h2-4H,5,13H2,1H3,(H,14,15). The molecule has 0 aliphatic rings. The van der Waals surface area contributed by atoms with E-state index in [4.69, 9.17) is 5.84 Å². The molecular formula is C9H11F3N4O. The molecule has 0 aliphatic carbocycles. The van der Waals surface area contributed by atoms with Crippen LogP contribution in [0.1, 0.15) is 10.4 Å². The van der Waals surface area contributed by atoms with Crippen molar-refractivity contribution < 1.29 is 18.0 Å². The first-order chi connectivity index (χ1) is 7.83. The van der Waals surface area contributed by atoms with Gasteiger partial charge in [0, 0.05) is 13.2 Å². The predicted octanol–water partition coefficient (Wildman–Crippen LogP) is 1.00. The smallest absolute Gasteiger partial charge is 0.333 e. The number of nitrogen functional groups attached to an aromatic ring is 1. The SMILES string of the molecule is CN(CC(F)(F)F)C(=O)c1ccc(NN)nc1. The summed E-state index contributed by atoms with van der Waals surface area (Å²) >= 11 is 0. The molecule has 1 rings (SSSR count). The number of nitrogens with one attached hydrogen (secondary N) is 1. The van der Waals surface area contributed by atoms with Gasteiger partial charge >= 0.3 is 6.18 Å². The Kier molecular flexibility index (Phi) is 3.89. The van der Waals surface area contributed by atoms with Gasteiger partial charge in [-0.25, -0.2) is 10.8 Å². The van der Waals surface area contributed by atoms with E-state index in [1.54, 1.807) is 0 Å². The van der Waals surface area contributed by atoms with E-state index in [-0.39, 0.29) is 5.56 Å². The van der Waals surface area contributed by atoms with Crippen LogP contribution in [0, 0.1) is 0 Å². The summed E-state index contributed by atoms with van der Waals surface area (Å²) in [5.41, 5.74) is 2.31. The molecule has 94 valence electrons. The third-order valence-corrected chi connectivity index (χ3v) is 1.92. The molecule has 5 nitrogen and oxygen atoms in total. The van der Waals surface area contributed by atoms with E-state index in [1.807, 2.05) is 0 Å². The Morgan fingerprint density at radius 3 is 2.59 bits per heavy atom. The van der Waals surface area contributed by atoms with Crippen molar-refractivity contribution in [1.82, 2.24) is 9.88 Å². The van der Waals surface area contributed by atoms with E-state index in [0.29, 0.717) is 10.7 Å². The van der Waals surface area contributed by atoms with Gasteiger partial charge in [0.1, 0.15) is 12.4 Å². The monoisotopic (exact) mass is 248 g/mol. The lowest BCUT2D eigenvalue weighted by molar-refractivity contribution is -0.138. The molecule has 3 N–H and O–H groups in total. The molecule has 0 bridgehead atoms. The van der Waals surface area contributed by atoms with Gasteiger partial charge in [-0.15, -0.1) is 0 Å². The quantitative estimate of drug-likeness (QED) is 0.618. The van der Waals surface area contributed by atoms with Crippen LogP contribution in [0.25, 0.3) is 0 Å². The van der Waals surface area contributed by atoms with Crippen molar-refractivity contribution in [3.05, 3.63) is 23.9 Å². The van der Waals surface area contributed by atoms with Gasteiger partial charge in [0.15, 0.2) is 0 Å². The van der Waals surface area contributed by atoms with Gasteiger partial charge in [0.25, 0.3) is 5.91 Å². The van der Waals surface area contributed by atoms with Gasteiger partial charge in [0.05, 0.1) is 5.56 Å². The first-order valence-electron chi connectivity index (χ1n) is 4.58. The van der Waals surface area contributed by atoms with Gasteiger partial charge in [0.2, 0.25) is 0 Å². The topological polar surface area (TPSA) is 71.2 Å². The van der Waals surface area contributed by atoms with Gasteiger partial charge < -0.3 is 10.3 Å². The maximum absolute atomic E-state index is 12.1. The number of aromatic nitrogens is 1. The van der Waals surface area contributed by atoms with Crippen molar-refractivity contribution >= 4 is 11.7 Å². The Balaban J connectivity index is 2.75. The van der Waals surface area contributed by atoms with Crippen molar-refractivity contribution in [2.24, 2.45) is 5.84 Å². The van der Waals surface area contributed by atoms with Crippen LogP contribution < -0.4 is 11.3 Å². The number of carbonyl (C=O) groups excluding carboxylic acids is 1. The summed E-state index contributed by atoms with van der Waals surface area (Å²) in [6.07, 6.45) is -3.26. The number of nitrogens with zero attached hydrogens (tertiary/aromatic N) is 2. The number of nitrogens with two attached hydrogens (primary N) is 1. The maximum atomic E-state index is 12.1. The van der Waals surface area contributed by atoms with Crippen LogP contribution in [0.3, 0.4) is 0 Å². The van der Waals surface area contributed by atoms with E-state index in [0.717, 1.165) is 13.2 Å². The van der Waals surface area contributed by atoms with Gasteiger partial charge in [-0.3, -0.25) is 4.79 Å². The van der Waals surface area contributed by atoms with Gasteiger partial charge in [-0.2, -0.15) is 13.2 Å². The first kappa shape index (κ1) is 13.2. The second-order valence-electron chi connectivity index (χ2n) is 3.35. The molecular weight excluding hydrogens is 237 g/mol. The minimum Gasteiger partial charge on any atom is -0.333 e. The third kappa shape index (κ3) is 3.91. The lowest BCUT2D eigenvalue weighted by Gasteiger charge is -2.18. The number of amides is 1. The Morgan fingerprint density at radius 1 is 1.53 bits per heavy atom. The third-order valence-electron chi connectivity index (χ3n) is 1.92. The summed E-state index contributed by atoms with van der Waals surface area (Å²) in [7, 11) is 1.07. The number of pyridine rings is 1. The number of hydrogen-bond donors (Lipinski definition) is 2. The summed E-state index contributed by atoms with van der Waals surface area (Å²) in [5.74, 6) is 4.63. The number of carbonyl (C=O) groups is 1. The fraction of sp³-hybridized carbons (Fsp3) is 0.333. The molecule has 0 radical (unpaired) electrons. The molecule has 0 aromatic carbocycles. The number of hydrazine groups is 1. The Bertz CT molecular complexity index is 390. The van der Waals surface area contributed by atoms with Crippen LogP contribution in [-0.4, -0.2) is 35.6 Å². The Hall–Kier alpha value is -1.83. The van der Waals surface area contributed by atoms with Crippen LogP contribution in [0.4, 0.5) is 19.0 Å². The zero-order chi connectivity index (χ0) is 13.1. The van der Waals surface area contributed by atoms with Gasteiger partial charge in [-0.05, 0) is 12.1 Å². The molecule has 0 saturated heterocycles. The minimum absolute atomic E-state index is 0.0655. The van der Waals surface area contributed by atoms with Crippen molar-refractivity contribution in [1.29, 1.82) is 0 Å². The van der Waals surface area contributed by atoms with Gasteiger partial charge in [-0.1, -0.05) is 0 Å². The molecule has 0 aliphatic heterocycles. The van der Waals surface area contributed by atoms with Crippen LogP contribution in [-0.2, 0) is 0 Å². The van der Waals surface area contributed by atoms with Crippen LogP contribution >= 0.6 is 0 Å². The molecule has 0 spiro atoms. The number of alkyl halides is 3. The zero-order valence-electron chi connectivity index (χ0n) is 8.95. The highest BCUT2D eigenvalue weighted by molar-refractivity contribution is 5.93. The summed E-state index contributed by atoms with van der Waals surface area (Å²) in [6.45, 7) is -1.30. The molecule has 17 heavy (non-hydrogen) atoms. The van der Waals surface area contributed by atoms with Crippen molar-refractivity contribution in [3.63, 3.8) is 0 Å². The molecule has 0 atom stereocenters. The molecule has 1 aromatic rings. The highest BCUT2D eigenvalue weighted by atomic mass is 19.4. The number of anilines is 1. The van der Waals surface area contributed by atoms with Crippen molar-refractivity contribution in [3.8, 4) is 0 Å². The Labute approximate surface area is 95.4 Å². The molecule has 1 heterocycles. The summed E-state index contributed by atoms with van der Waals surface area (Å²) in [6, 6.07) is 2.74. The van der Waals surface area contributed by atoms with E-state index < -0.39 is 18.6 Å². The maximum Gasteiger partial charge on any atom is 0.406 e. The highest BCUT2D eigenvalue weighted by Gasteiger charge is 2.31. The zero-order valence-corrected chi connectivity index (χ0v) is 8.95. The van der Waals surface area contributed by atoms with Crippen molar-refractivity contribution in [2.45, 2.75) is 6.18 Å². The highest BCUT2D eigenvalue weighted by Crippen LogP contribution is 2.17. The Morgan fingerprint density at radius 2 is 2.18 bits per heavy atom. The second kappa shape index (κ2) is 5.00. The van der Waals surface area contributed by atoms with Crippen LogP contribution in [0.2, 0.25) is 0 Å². The molecule has 0 unspecified atom stereocenters. The van der Waals surface area contributed by atoms with Crippen LogP contribution in [0.15, 0.2) is 18.3 Å². The summed E-state index contributed by atoms with van der Waals surface area (Å²) in [5, 5.41) is 0. The van der Waals surface area contributed by atoms with E-state index in [2.05, 4.69) is 10.4 Å². The normalized spacial score (nSPS) is 11.1. The molecule has 0 saturated carbocycles. The second-order valence-corrected chi connectivity index (χ2v) is 3.35. The van der Waals surface area contributed by atoms with E-state index in [1.165, 1.54) is 12.1 Å². The number of halogens is 3. The summed E-state index contributed by atoms with van der Waals surface area (Å²) in [4.78, 5) is 15.9. The number of hydrogen-bond acceptors (Lipinski definition) is 4. The predicted molar refractivity (Wildman–Crippen MR) is 55.1 cm³/mol. The lowest BCUT2D eigenvalue weighted by atomic mass is 10.2. The molecule has 0 fully saturated rings. The fourth-order valence-electron chi connectivity index (χ4n) is 1.17. The molecule has 1 aromatic heterocycles. The fourth-order valence-corrected chi connectivity index (χ4v) is 1.17. The average Bonchev–Trinajstić information content (AvgIpc) is 2.26. The molecule has 1 amide bonds. The molecule has 8 heteroatoms. The van der Waals surface area contributed by atoms with Crippen molar-refractivity contribution in [2.75, 3.05) is 19.0 Å². The first-order valence-corrected chi connectivity index (χ1v) is 4.58. The van der Waals surface area contributed by atoms with Crippen LogP contribution in [0.5, 0.6) is 0 Å². The van der Waals surface area contributed by atoms with E-state index >= 15 is 0 Å². The average molecular weight is 248 g/mol. The minimum atomic E-state index is -4.42. The van der Waals surface area contributed by atoms with E-state index in [9.17, 15) is 18.0 Å². The summed E-state index contributed by atoms with van der Waals surface area (Å²) < 4.78 is 36.2. The number of rotatable bonds is 3.